The van der Waals surface area contributed by atoms with Gasteiger partial charge >= 0.3 is 12.1 Å². The Bertz CT molecular complexity index is 499. The fraction of sp³-hybridized carbons (Fsp3) is 0.667. The molecule has 1 atom stereocenters. The highest BCUT2D eigenvalue weighted by Crippen LogP contribution is 2.32. The lowest BCUT2D eigenvalue weighted by Crippen LogP contribution is -2.38. The molecular formula is C12H16F3N3O2. The molecule has 112 valence electrons. The number of hydrogen-bond acceptors (Lipinski definition) is 3. The molecule has 0 spiro atoms. The molecule has 1 aromatic heterocycles. The Balaban J connectivity index is 2.13. The Labute approximate surface area is 114 Å². The maximum Gasteiger partial charge on any atom is 0.433 e. The van der Waals surface area contributed by atoms with Gasteiger partial charge in [-0.3, -0.25) is 14.4 Å². The summed E-state index contributed by atoms with van der Waals surface area (Å²) in [6, 6.07) is 0. The van der Waals surface area contributed by atoms with Gasteiger partial charge in [-0.1, -0.05) is 0 Å². The average molecular weight is 291 g/mol. The third-order valence-electron chi connectivity index (χ3n) is 3.53. The molecule has 1 fully saturated rings. The number of aliphatic carboxylic acids is 1. The van der Waals surface area contributed by atoms with Crippen LogP contribution in [0.4, 0.5) is 13.2 Å². The largest absolute Gasteiger partial charge is 0.481 e. The number of piperidine rings is 1. The lowest BCUT2D eigenvalue weighted by atomic mass is 9.98. The van der Waals surface area contributed by atoms with Crippen LogP contribution in [-0.2, 0) is 24.6 Å². The quantitative estimate of drug-likeness (QED) is 0.921. The molecule has 1 unspecified atom stereocenters. The summed E-state index contributed by atoms with van der Waals surface area (Å²) in [4.78, 5) is 12.7. The number of likely N-dealkylation sites (tertiary alicyclic amines) is 1. The Morgan fingerprint density at radius 2 is 2.25 bits per heavy atom. The number of hydrogen-bond donors (Lipinski definition) is 1. The molecule has 5 nitrogen and oxygen atoms in total. The van der Waals surface area contributed by atoms with Crippen LogP contribution in [0.2, 0.25) is 0 Å². The summed E-state index contributed by atoms with van der Waals surface area (Å²) in [5.74, 6) is -1.40. The summed E-state index contributed by atoms with van der Waals surface area (Å²) in [5, 5.41) is 12.6. The van der Waals surface area contributed by atoms with Crippen molar-refractivity contribution in [2.24, 2.45) is 13.0 Å². The molecule has 1 N–H and O–H groups in total. The van der Waals surface area contributed by atoms with Crippen LogP contribution in [0, 0.1) is 5.92 Å². The van der Waals surface area contributed by atoms with Gasteiger partial charge in [0.15, 0.2) is 0 Å². The van der Waals surface area contributed by atoms with Crippen LogP contribution in [0.25, 0.3) is 0 Å². The molecule has 2 heterocycles. The topological polar surface area (TPSA) is 58.4 Å². The summed E-state index contributed by atoms with van der Waals surface area (Å²) in [5.41, 5.74) is -0.680. The van der Waals surface area contributed by atoms with E-state index in [4.69, 9.17) is 5.11 Å². The second kappa shape index (κ2) is 5.43. The molecule has 1 aromatic rings. The van der Waals surface area contributed by atoms with Crippen LogP contribution in [0.3, 0.4) is 0 Å². The molecule has 0 aliphatic carbocycles. The summed E-state index contributed by atoms with van der Waals surface area (Å²) in [6.07, 6.45) is -2.00. The summed E-state index contributed by atoms with van der Waals surface area (Å²) in [7, 11) is 1.25. The SMILES string of the molecule is Cn1ncc(CN2CCCC(C(=O)O)C2)c1C(F)(F)F. The molecule has 1 saturated heterocycles. The normalized spacial score (nSPS) is 21.1. The number of rotatable bonds is 3. The molecule has 0 bridgehead atoms. The van der Waals surface area contributed by atoms with Gasteiger partial charge in [0.25, 0.3) is 0 Å². The molecule has 0 radical (unpaired) electrons. The third kappa shape index (κ3) is 3.12. The van der Waals surface area contributed by atoms with Crippen molar-refractivity contribution < 1.29 is 23.1 Å². The van der Waals surface area contributed by atoms with E-state index < -0.39 is 23.8 Å². The lowest BCUT2D eigenvalue weighted by molar-refractivity contribution is -0.146. The molecule has 0 amide bonds. The number of carboxylic acid groups (broad SMARTS) is 1. The van der Waals surface area contributed by atoms with Gasteiger partial charge in [-0.25, -0.2) is 0 Å². The number of carboxylic acids is 1. The van der Waals surface area contributed by atoms with E-state index in [1.807, 2.05) is 0 Å². The van der Waals surface area contributed by atoms with Crippen molar-refractivity contribution in [2.45, 2.75) is 25.6 Å². The van der Waals surface area contributed by atoms with Crippen LogP contribution in [0.15, 0.2) is 6.20 Å². The molecule has 8 heteroatoms. The summed E-state index contributed by atoms with van der Waals surface area (Å²) >= 11 is 0. The van der Waals surface area contributed by atoms with Crippen LogP contribution in [0.1, 0.15) is 24.1 Å². The fourth-order valence-corrected chi connectivity index (χ4v) is 2.61. The zero-order valence-electron chi connectivity index (χ0n) is 11.0. The number of aryl methyl sites for hydroxylation is 1. The minimum absolute atomic E-state index is 0.0759. The van der Waals surface area contributed by atoms with Crippen LogP contribution >= 0.6 is 0 Å². The van der Waals surface area contributed by atoms with Gasteiger partial charge in [-0.05, 0) is 19.4 Å². The van der Waals surface area contributed by atoms with Gasteiger partial charge in [0.1, 0.15) is 5.69 Å². The predicted octanol–water partition coefficient (Wildman–Crippen LogP) is 1.74. The lowest BCUT2D eigenvalue weighted by Gasteiger charge is -2.30. The fourth-order valence-electron chi connectivity index (χ4n) is 2.61. The van der Waals surface area contributed by atoms with Gasteiger partial charge in [-0.2, -0.15) is 18.3 Å². The standard InChI is InChI=1S/C12H16F3N3O2/c1-17-10(12(13,14)15)9(5-16-17)7-18-4-2-3-8(6-18)11(19)20/h5,8H,2-4,6-7H2,1H3,(H,19,20). The average Bonchev–Trinajstić information content (AvgIpc) is 2.70. The summed E-state index contributed by atoms with van der Waals surface area (Å²) in [6.45, 7) is 0.962. The van der Waals surface area contributed by atoms with Crippen molar-refractivity contribution in [1.29, 1.82) is 0 Å². The zero-order chi connectivity index (χ0) is 14.9. The van der Waals surface area contributed by atoms with E-state index in [1.54, 1.807) is 4.90 Å². The second-order valence-electron chi connectivity index (χ2n) is 5.05. The van der Waals surface area contributed by atoms with E-state index in [2.05, 4.69) is 5.10 Å². The van der Waals surface area contributed by atoms with E-state index in [0.717, 1.165) is 4.68 Å². The van der Waals surface area contributed by atoms with Crippen LogP contribution < -0.4 is 0 Å². The minimum atomic E-state index is -4.46. The Kier molecular flexibility index (Phi) is 4.03. The molecule has 1 aliphatic heterocycles. The van der Waals surface area contributed by atoms with Crippen molar-refractivity contribution in [2.75, 3.05) is 13.1 Å². The van der Waals surface area contributed by atoms with E-state index in [-0.39, 0.29) is 18.7 Å². The number of aromatic nitrogens is 2. The molecule has 20 heavy (non-hydrogen) atoms. The molecule has 2 rings (SSSR count). The van der Waals surface area contributed by atoms with Gasteiger partial charge in [0.2, 0.25) is 0 Å². The highest BCUT2D eigenvalue weighted by Gasteiger charge is 2.38. The number of halogens is 3. The smallest absolute Gasteiger partial charge is 0.433 e. The predicted molar refractivity (Wildman–Crippen MR) is 63.8 cm³/mol. The van der Waals surface area contributed by atoms with Gasteiger partial charge in [0.05, 0.1) is 12.1 Å². The van der Waals surface area contributed by atoms with Crippen LogP contribution in [-0.4, -0.2) is 38.8 Å². The maximum atomic E-state index is 12.9. The van der Waals surface area contributed by atoms with E-state index in [0.29, 0.717) is 19.4 Å². The first-order valence-corrected chi connectivity index (χ1v) is 6.32. The highest BCUT2D eigenvalue weighted by molar-refractivity contribution is 5.70. The second-order valence-corrected chi connectivity index (χ2v) is 5.05. The van der Waals surface area contributed by atoms with Gasteiger partial charge < -0.3 is 5.11 Å². The van der Waals surface area contributed by atoms with Crippen molar-refractivity contribution in [3.05, 3.63) is 17.5 Å². The van der Waals surface area contributed by atoms with E-state index >= 15 is 0 Å². The van der Waals surface area contributed by atoms with Crippen molar-refractivity contribution in [3.8, 4) is 0 Å². The van der Waals surface area contributed by atoms with Crippen LogP contribution in [0.5, 0.6) is 0 Å². The van der Waals surface area contributed by atoms with Crippen molar-refractivity contribution >= 4 is 5.97 Å². The molecule has 0 saturated carbocycles. The Morgan fingerprint density at radius 3 is 2.85 bits per heavy atom. The van der Waals surface area contributed by atoms with Crippen molar-refractivity contribution in [1.82, 2.24) is 14.7 Å². The van der Waals surface area contributed by atoms with Crippen molar-refractivity contribution in [3.63, 3.8) is 0 Å². The third-order valence-corrected chi connectivity index (χ3v) is 3.53. The highest BCUT2D eigenvalue weighted by atomic mass is 19.4. The number of carbonyl (C=O) groups is 1. The van der Waals surface area contributed by atoms with Gasteiger partial charge in [-0.15, -0.1) is 0 Å². The minimum Gasteiger partial charge on any atom is -0.481 e. The maximum absolute atomic E-state index is 12.9. The summed E-state index contributed by atoms with van der Waals surface area (Å²) < 4.78 is 39.6. The monoisotopic (exact) mass is 291 g/mol. The number of alkyl halides is 3. The van der Waals surface area contributed by atoms with E-state index in [1.165, 1.54) is 13.2 Å². The number of nitrogens with zero attached hydrogens (tertiary/aromatic N) is 3. The first kappa shape index (κ1) is 14.8. The Morgan fingerprint density at radius 1 is 1.55 bits per heavy atom. The van der Waals surface area contributed by atoms with Gasteiger partial charge in [0, 0.05) is 25.7 Å². The Hall–Kier alpha value is -1.57. The van der Waals surface area contributed by atoms with E-state index in [9.17, 15) is 18.0 Å². The molecule has 1 aliphatic rings. The zero-order valence-corrected chi connectivity index (χ0v) is 11.0. The first-order valence-electron chi connectivity index (χ1n) is 6.32. The molecule has 0 aromatic carbocycles. The molecular weight excluding hydrogens is 275 g/mol. The first-order chi connectivity index (χ1) is 9.29.